The Morgan fingerprint density at radius 1 is 1.09 bits per heavy atom. The number of hydrogen-bond donors (Lipinski definition) is 1. The van der Waals surface area contributed by atoms with Crippen LogP contribution < -0.4 is 0 Å². The van der Waals surface area contributed by atoms with Crippen LogP contribution in [0.25, 0.3) is 11.4 Å². The topological polar surface area (TPSA) is 128 Å². The van der Waals surface area contributed by atoms with Crippen molar-refractivity contribution in [3.63, 3.8) is 0 Å². The molecule has 1 aromatic carbocycles. The van der Waals surface area contributed by atoms with Gasteiger partial charge in [-0.2, -0.15) is 5.10 Å². The summed E-state index contributed by atoms with van der Waals surface area (Å²) in [6.07, 6.45) is 1.44. The number of ketones is 1. The van der Waals surface area contributed by atoms with Gasteiger partial charge in [-0.1, -0.05) is 60.6 Å². The molecule has 0 saturated heterocycles. The van der Waals surface area contributed by atoms with Crippen molar-refractivity contribution in [3.8, 4) is 11.4 Å². The lowest BCUT2D eigenvalue weighted by Gasteiger charge is -2.50. The second-order valence-electron chi connectivity index (χ2n) is 12.0. The number of carbonyl (C=O) groups excluding carboxylic acids is 2. The predicted molar refractivity (Wildman–Crippen MR) is 132 cm³/mol. The van der Waals surface area contributed by atoms with Gasteiger partial charge in [-0.15, -0.1) is 0 Å². The second-order valence-corrected chi connectivity index (χ2v) is 12.0. The average molecular weight is 485 g/mol. The minimum absolute atomic E-state index is 0.0763. The van der Waals surface area contributed by atoms with Crippen molar-refractivity contribution in [3.05, 3.63) is 39.7 Å². The van der Waals surface area contributed by atoms with Crippen LogP contribution in [0.2, 0.25) is 0 Å². The fraction of sp³-hybridized carbons (Fsp3) is 0.615. The summed E-state index contributed by atoms with van der Waals surface area (Å²) in [5.74, 6) is -1.34. The van der Waals surface area contributed by atoms with Gasteiger partial charge in [0.2, 0.25) is 5.82 Å². The zero-order chi connectivity index (χ0) is 26.3. The SMILES string of the molecule is Cc1ccc(-c2n[nH]c(C(=O)C(=O)OC3C(C(C)(C)C)CC(C)CC3C(C)(C)C)n2)cc1[N+](=O)[O-]. The van der Waals surface area contributed by atoms with E-state index in [4.69, 9.17) is 4.74 Å². The average Bonchev–Trinajstić information content (AvgIpc) is 3.22. The van der Waals surface area contributed by atoms with Crippen LogP contribution in [0.4, 0.5) is 5.69 Å². The monoisotopic (exact) mass is 484 g/mol. The largest absolute Gasteiger partial charge is 0.456 e. The number of benzene rings is 1. The molecule has 9 nitrogen and oxygen atoms in total. The number of ether oxygens (including phenoxy) is 1. The van der Waals surface area contributed by atoms with E-state index < -0.39 is 22.8 Å². The molecule has 9 heteroatoms. The first-order valence-corrected chi connectivity index (χ1v) is 12.0. The van der Waals surface area contributed by atoms with E-state index in [1.165, 1.54) is 6.07 Å². The van der Waals surface area contributed by atoms with Crippen molar-refractivity contribution in [2.24, 2.45) is 28.6 Å². The van der Waals surface area contributed by atoms with Crippen molar-refractivity contribution in [2.75, 3.05) is 0 Å². The molecule has 2 unspecified atom stereocenters. The summed E-state index contributed by atoms with van der Waals surface area (Å²) in [5.41, 5.74) is 0.579. The van der Waals surface area contributed by atoms with E-state index in [-0.39, 0.29) is 40.0 Å². The number of nitrogens with one attached hydrogen (secondary N) is 1. The van der Waals surface area contributed by atoms with E-state index in [0.717, 1.165) is 12.8 Å². The lowest BCUT2D eigenvalue weighted by atomic mass is 9.59. The molecule has 35 heavy (non-hydrogen) atoms. The number of nitro benzene ring substituents is 1. The molecule has 3 rings (SSSR count). The zero-order valence-corrected chi connectivity index (χ0v) is 21.8. The van der Waals surface area contributed by atoms with Gasteiger partial charge in [0, 0.05) is 29.0 Å². The third-order valence-electron chi connectivity index (χ3n) is 7.12. The van der Waals surface area contributed by atoms with E-state index in [0.29, 0.717) is 17.0 Å². The van der Waals surface area contributed by atoms with Crippen LogP contribution in [0.3, 0.4) is 0 Å². The first kappa shape index (κ1) is 26.5. The van der Waals surface area contributed by atoms with Gasteiger partial charge in [-0.05, 0) is 36.5 Å². The number of aromatic nitrogens is 3. The third-order valence-corrected chi connectivity index (χ3v) is 7.12. The molecule has 0 amide bonds. The van der Waals surface area contributed by atoms with Gasteiger partial charge in [0.05, 0.1) is 4.92 Å². The number of Topliss-reactive ketones (excluding diaryl/α,β-unsaturated/α-hetero) is 1. The van der Waals surface area contributed by atoms with Gasteiger partial charge in [0.25, 0.3) is 5.69 Å². The van der Waals surface area contributed by atoms with Crippen LogP contribution in [0.5, 0.6) is 0 Å². The molecule has 1 aromatic heterocycles. The fourth-order valence-electron chi connectivity index (χ4n) is 5.08. The maximum Gasteiger partial charge on any atom is 0.383 e. The minimum atomic E-state index is -0.967. The third kappa shape index (κ3) is 5.77. The smallest absolute Gasteiger partial charge is 0.383 e. The Morgan fingerprint density at radius 2 is 1.66 bits per heavy atom. The van der Waals surface area contributed by atoms with Gasteiger partial charge in [-0.3, -0.25) is 20.0 Å². The molecule has 1 aliphatic carbocycles. The molecule has 0 radical (unpaired) electrons. The first-order valence-electron chi connectivity index (χ1n) is 12.0. The van der Waals surface area contributed by atoms with Crippen LogP contribution in [-0.2, 0) is 9.53 Å². The molecule has 2 aromatic rings. The van der Waals surface area contributed by atoms with Crippen molar-refractivity contribution in [1.82, 2.24) is 15.2 Å². The van der Waals surface area contributed by atoms with Crippen LogP contribution >= 0.6 is 0 Å². The molecule has 0 aliphatic heterocycles. The molecular formula is C26H36N4O5. The van der Waals surface area contributed by atoms with Gasteiger partial charge < -0.3 is 4.74 Å². The zero-order valence-electron chi connectivity index (χ0n) is 21.8. The molecule has 1 N–H and O–H groups in total. The van der Waals surface area contributed by atoms with Crippen molar-refractivity contribution in [2.45, 2.75) is 74.3 Å². The molecule has 2 atom stereocenters. The van der Waals surface area contributed by atoms with Crippen LogP contribution in [0, 0.1) is 45.6 Å². The summed E-state index contributed by atoms with van der Waals surface area (Å²) in [5, 5.41) is 17.7. The predicted octanol–water partition coefficient (Wildman–Crippen LogP) is 5.54. The highest BCUT2D eigenvalue weighted by molar-refractivity contribution is 6.39. The highest BCUT2D eigenvalue weighted by atomic mass is 16.6. The molecule has 1 saturated carbocycles. The summed E-state index contributed by atoms with van der Waals surface area (Å²) in [4.78, 5) is 40.9. The molecule has 1 aliphatic rings. The molecule has 0 bridgehead atoms. The number of hydrogen-bond acceptors (Lipinski definition) is 7. The van der Waals surface area contributed by atoms with Gasteiger partial charge in [-0.25, -0.2) is 9.78 Å². The normalized spacial score (nSPS) is 23.1. The quantitative estimate of drug-likeness (QED) is 0.194. The number of H-pyrrole nitrogens is 1. The second kappa shape index (κ2) is 9.51. The number of carbonyl (C=O) groups is 2. The molecule has 190 valence electrons. The molecule has 1 fully saturated rings. The molecule has 1 heterocycles. The number of aromatic amines is 1. The van der Waals surface area contributed by atoms with Crippen molar-refractivity contribution < 1.29 is 19.2 Å². The number of esters is 1. The number of rotatable bonds is 5. The summed E-state index contributed by atoms with van der Waals surface area (Å²) in [6.45, 7) is 16.7. The Morgan fingerprint density at radius 3 is 2.17 bits per heavy atom. The highest BCUT2D eigenvalue weighted by Crippen LogP contribution is 2.49. The van der Waals surface area contributed by atoms with Crippen LogP contribution in [0.1, 0.15) is 77.5 Å². The molecular weight excluding hydrogens is 448 g/mol. The summed E-state index contributed by atoms with van der Waals surface area (Å²) < 4.78 is 5.95. The number of nitrogens with zero attached hydrogens (tertiary/aromatic N) is 3. The highest BCUT2D eigenvalue weighted by Gasteiger charge is 2.48. The van der Waals surface area contributed by atoms with Crippen LogP contribution in [0.15, 0.2) is 18.2 Å². The van der Waals surface area contributed by atoms with E-state index in [1.807, 2.05) is 0 Å². The first-order chi connectivity index (χ1) is 16.1. The van der Waals surface area contributed by atoms with Gasteiger partial charge >= 0.3 is 11.8 Å². The van der Waals surface area contributed by atoms with Crippen molar-refractivity contribution >= 4 is 17.4 Å². The maximum atomic E-state index is 13.0. The number of nitro groups is 1. The summed E-state index contributed by atoms with van der Waals surface area (Å²) in [7, 11) is 0. The van der Waals surface area contributed by atoms with Crippen molar-refractivity contribution in [1.29, 1.82) is 0 Å². The number of aryl methyl sites for hydroxylation is 1. The van der Waals surface area contributed by atoms with Gasteiger partial charge in [0.1, 0.15) is 6.10 Å². The Kier molecular flexibility index (Phi) is 7.20. The Hall–Kier alpha value is -3.10. The molecule has 0 spiro atoms. The van der Waals surface area contributed by atoms with Gasteiger partial charge in [0.15, 0.2) is 5.82 Å². The van der Waals surface area contributed by atoms with E-state index >= 15 is 0 Å². The fourth-order valence-corrected chi connectivity index (χ4v) is 5.08. The van der Waals surface area contributed by atoms with E-state index in [1.54, 1.807) is 19.1 Å². The Bertz CT molecular complexity index is 1100. The summed E-state index contributed by atoms with van der Waals surface area (Å²) >= 11 is 0. The summed E-state index contributed by atoms with van der Waals surface area (Å²) in [6, 6.07) is 4.56. The minimum Gasteiger partial charge on any atom is -0.456 e. The Balaban J connectivity index is 1.85. The van der Waals surface area contributed by atoms with E-state index in [9.17, 15) is 19.7 Å². The van der Waals surface area contributed by atoms with Crippen LogP contribution in [-0.4, -0.2) is 38.0 Å². The Labute approximate surface area is 206 Å². The van der Waals surface area contributed by atoms with E-state index in [2.05, 4.69) is 63.6 Å². The standard InChI is InChI=1S/C26H36N4O5/c1-14-11-17(25(3,4)5)21(18(12-14)26(6,7)8)35-24(32)20(31)23-27-22(28-29-23)16-10-9-15(2)19(13-16)30(33)34/h9-10,13-14,17-18,21H,11-12H2,1-8H3,(H,27,28,29). The maximum absolute atomic E-state index is 13.0. The lowest BCUT2D eigenvalue weighted by Crippen LogP contribution is -2.50. The lowest BCUT2D eigenvalue weighted by molar-refractivity contribution is -0.385.